The van der Waals surface area contributed by atoms with Gasteiger partial charge in [0.05, 0.1) is 0 Å². The Kier molecular flexibility index (Phi) is 4.81. The molecule has 0 aromatic heterocycles. The van der Waals surface area contributed by atoms with Crippen LogP contribution in [-0.2, 0) is 5.41 Å². The Labute approximate surface area is 127 Å². The average molecular weight is 286 g/mol. The highest BCUT2D eigenvalue weighted by molar-refractivity contribution is 5.95. The molecule has 1 amide bonds. The zero-order valence-electron chi connectivity index (χ0n) is 13.6. The van der Waals surface area contributed by atoms with Gasteiger partial charge in [0.2, 0.25) is 0 Å². The topological polar surface area (TPSA) is 41.5 Å². The summed E-state index contributed by atoms with van der Waals surface area (Å²) in [5.74, 6) is 0.364. The molecule has 0 unspecified atom stereocenters. The number of hydrogen-bond donors (Lipinski definition) is 1. The summed E-state index contributed by atoms with van der Waals surface area (Å²) >= 11 is 0. The number of nitrogens with zero attached hydrogens (tertiary/aromatic N) is 1. The van der Waals surface area contributed by atoms with Crippen molar-refractivity contribution >= 4 is 11.6 Å². The van der Waals surface area contributed by atoms with E-state index < -0.39 is 0 Å². The maximum absolute atomic E-state index is 12.1. The Bertz CT molecular complexity index is 523. The highest BCUT2D eigenvalue weighted by Gasteiger charge is 2.17. The minimum Gasteiger partial charge on any atom is -0.267 e. The zero-order chi connectivity index (χ0) is 15.5. The van der Waals surface area contributed by atoms with E-state index in [1.54, 1.807) is 0 Å². The summed E-state index contributed by atoms with van der Waals surface area (Å²) in [7, 11) is 0. The van der Waals surface area contributed by atoms with Gasteiger partial charge in [0, 0.05) is 11.3 Å². The highest BCUT2D eigenvalue weighted by Crippen LogP contribution is 2.22. The van der Waals surface area contributed by atoms with E-state index in [-0.39, 0.29) is 11.3 Å². The molecule has 1 aliphatic carbocycles. The lowest BCUT2D eigenvalue weighted by molar-refractivity contribution is 0.0954. The van der Waals surface area contributed by atoms with Crippen LogP contribution in [0.1, 0.15) is 69.3 Å². The van der Waals surface area contributed by atoms with Gasteiger partial charge in [-0.25, -0.2) is 5.43 Å². The van der Waals surface area contributed by atoms with Crippen molar-refractivity contribution in [3.63, 3.8) is 0 Å². The summed E-state index contributed by atoms with van der Waals surface area (Å²) in [5, 5.41) is 4.33. The second-order valence-electron chi connectivity index (χ2n) is 7.02. The molecule has 1 aromatic carbocycles. The molecule has 1 atom stereocenters. The first-order valence-corrected chi connectivity index (χ1v) is 7.85. The maximum atomic E-state index is 12.1. The smallest absolute Gasteiger partial charge is 0.267 e. The molecular weight excluding hydrogens is 260 g/mol. The van der Waals surface area contributed by atoms with E-state index in [0.29, 0.717) is 11.5 Å². The molecule has 114 valence electrons. The molecule has 1 N–H and O–H groups in total. The highest BCUT2D eigenvalue weighted by atomic mass is 16.2. The van der Waals surface area contributed by atoms with Crippen LogP contribution < -0.4 is 5.43 Å². The van der Waals surface area contributed by atoms with Crippen LogP contribution in [-0.4, -0.2) is 11.6 Å². The monoisotopic (exact) mass is 286 g/mol. The molecule has 1 saturated carbocycles. The molecule has 2 rings (SSSR count). The van der Waals surface area contributed by atoms with Gasteiger partial charge in [0.25, 0.3) is 5.91 Å². The van der Waals surface area contributed by atoms with Crippen molar-refractivity contribution in [3.05, 3.63) is 35.4 Å². The van der Waals surface area contributed by atoms with Crippen molar-refractivity contribution in [1.29, 1.82) is 0 Å². The molecule has 0 heterocycles. The Morgan fingerprint density at radius 3 is 2.43 bits per heavy atom. The van der Waals surface area contributed by atoms with Crippen LogP contribution in [0.25, 0.3) is 0 Å². The molecule has 0 aliphatic heterocycles. The lowest BCUT2D eigenvalue weighted by Gasteiger charge is -2.20. The van der Waals surface area contributed by atoms with E-state index in [9.17, 15) is 4.79 Å². The van der Waals surface area contributed by atoms with Crippen molar-refractivity contribution in [3.8, 4) is 0 Å². The lowest BCUT2D eigenvalue weighted by atomic mass is 9.87. The number of rotatable bonds is 2. The van der Waals surface area contributed by atoms with Crippen LogP contribution in [0.3, 0.4) is 0 Å². The fraction of sp³-hybridized carbons (Fsp3) is 0.556. The van der Waals surface area contributed by atoms with Crippen LogP contribution >= 0.6 is 0 Å². The minimum absolute atomic E-state index is 0.104. The van der Waals surface area contributed by atoms with Crippen molar-refractivity contribution in [2.24, 2.45) is 11.0 Å². The Morgan fingerprint density at radius 1 is 1.19 bits per heavy atom. The second-order valence-corrected chi connectivity index (χ2v) is 7.02. The zero-order valence-corrected chi connectivity index (χ0v) is 13.6. The Balaban J connectivity index is 2.02. The van der Waals surface area contributed by atoms with Crippen molar-refractivity contribution in [1.82, 2.24) is 5.43 Å². The van der Waals surface area contributed by atoms with Gasteiger partial charge in [0.15, 0.2) is 0 Å². The standard InChI is InChI=1S/C18H26N2O/c1-13-7-5-6-8-16(13)19-20-17(21)14-9-11-15(12-10-14)18(2,3)4/h9-13H,5-8H2,1-4H3,(H,20,21)/t13-/m0/s1. The number of hydrogen-bond acceptors (Lipinski definition) is 2. The molecular formula is C18H26N2O. The average Bonchev–Trinajstić information content (AvgIpc) is 2.45. The predicted octanol–water partition coefficient (Wildman–Crippen LogP) is 4.28. The minimum atomic E-state index is -0.124. The van der Waals surface area contributed by atoms with E-state index in [4.69, 9.17) is 0 Å². The molecule has 21 heavy (non-hydrogen) atoms. The summed E-state index contributed by atoms with van der Waals surface area (Å²) in [6.07, 6.45) is 4.63. The fourth-order valence-electron chi connectivity index (χ4n) is 2.64. The summed E-state index contributed by atoms with van der Waals surface area (Å²) < 4.78 is 0. The van der Waals surface area contributed by atoms with Gasteiger partial charge in [-0.3, -0.25) is 4.79 Å². The molecule has 0 spiro atoms. The third-order valence-electron chi connectivity index (χ3n) is 4.20. The number of hydrazone groups is 1. The van der Waals surface area contributed by atoms with E-state index in [0.717, 1.165) is 12.1 Å². The van der Waals surface area contributed by atoms with Gasteiger partial charge in [-0.05, 0) is 48.3 Å². The first-order chi connectivity index (χ1) is 9.88. The molecule has 1 fully saturated rings. The normalized spacial score (nSPS) is 21.3. The van der Waals surface area contributed by atoms with E-state index in [2.05, 4.69) is 38.2 Å². The number of carbonyl (C=O) groups is 1. The Hall–Kier alpha value is -1.64. The van der Waals surface area contributed by atoms with E-state index >= 15 is 0 Å². The van der Waals surface area contributed by atoms with Crippen LogP contribution in [0.15, 0.2) is 29.4 Å². The number of nitrogens with one attached hydrogen (secondary N) is 1. The molecule has 0 radical (unpaired) electrons. The quantitative estimate of drug-likeness (QED) is 0.810. The SMILES string of the molecule is C[C@H]1CCCCC1=NNC(=O)c1ccc(C(C)(C)C)cc1. The third kappa shape index (κ3) is 4.16. The second kappa shape index (κ2) is 6.42. The number of amides is 1. The lowest BCUT2D eigenvalue weighted by Crippen LogP contribution is -2.24. The molecule has 0 saturated heterocycles. The van der Waals surface area contributed by atoms with Gasteiger partial charge < -0.3 is 0 Å². The van der Waals surface area contributed by atoms with Gasteiger partial charge in [-0.1, -0.05) is 46.2 Å². The molecule has 0 bridgehead atoms. The van der Waals surface area contributed by atoms with Crippen LogP contribution in [0.4, 0.5) is 0 Å². The molecule has 1 aliphatic rings. The van der Waals surface area contributed by atoms with Crippen molar-refractivity contribution < 1.29 is 4.79 Å². The van der Waals surface area contributed by atoms with Crippen molar-refractivity contribution in [2.45, 2.75) is 58.8 Å². The number of carbonyl (C=O) groups excluding carboxylic acids is 1. The van der Waals surface area contributed by atoms with E-state index in [1.807, 2.05) is 24.3 Å². The summed E-state index contributed by atoms with van der Waals surface area (Å²) in [6, 6.07) is 7.79. The van der Waals surface area contributed by atoms with Crippen LogP contribution in [0.2, 0.25) is 0 Å². The maximum Gasteiger partial charge on any atom is 0.271 e. The van der Waals surface area contributed by atoms with Gasteiger partial charge in [-0.15, -0.1) is 0 Å². The third-order valence-corrected chi connectivity index (χ3v) is 4.20. The first-order valence-electron chi connectivity index (χ1n) is 7.85. The summed E-state index contributed by atoms with van der Waals surface area (Å²) in [6.45, 7) is 8.68. The summed E-state index contributed by atoms with van der Waals surface area (Å²) in [4.78, 5) is 12.1. The van der Waals surface area contributed by atoms with Gasteiger partial charge in [-0.2, -0.15) is 5.10 Å². The van der Waals surface area contributed by atoms with Crippen molar-refractivity contribution in [2.75, 3.05) is 0 Å². The largest absolute Gasteiger partial charge is 0.271 e. The van der Waals surface area contributed by atoms with Gasteiger partial charge in [0.1, 0.15) is 0 Å². The van der Waals surface area contributed by atoms with E-state index in [1.165, 1.54) is 24.8 Å². The number of benzene rings is 1. The predicted molar refractivity (Wildman–Crippen MR) is 87.7 cm³/mol. The van der Waals surface area contributed by atoms with Crippen LogP contribution in [0, 0.1) is 5.92 Å². The van der Waals surface area contributed by atoms with Crippen LogP contribution in [0.5, 0.6) is 0 Å². The fourth-order valence-corrected chi connectivity index (χ4v) is 2.64. The first kappa shape index (κ1) is 15.7. The van der Waals surface area contributed by atoms with Gasteiger partial charge >= 0.3 is 0 Å². The molecule has 3 nitrogen and oxygen atoms in total. The molecule has 1 aromatic rings. The Morgan fingerprint density at radius 2 is 1.86 bits per heavy atom. The summed E-state index contributed by atoms with van der Waals surface area (Å²) in [5.41, 5.74) is 5.83. The molecule has 3 heteroatoms.